The van der Waals surface area contributed by atoms with Gasteiger partial charge in [0, 0.05) is 4.47 Å². The van der Waals surface area contributed by atoms with Gasteiger partial charge in [0.05, 0.1) is 18.5 Å². The standard InChI is InChI=1S/C14H10BrNO5/c15-8-1-2-11-10(5-8)16(13(17)7-21-11)6-12-9(14(18)19)3-4-20-12/h1-5H,6-7H2,(H,18,19). The molecule has 3 rings (SSSR count). The third kappa shape index (κ3) is 2.52. The van der Waals surface area contributed by atoms with Crippen molar-refractivity contribution in [3.05, 3.63) is 46.3 Å². The maximum absolute atomic E-state index is 12.1. The monoisotopic (exact) mass is 351 g/mol. The van der Waals surface area contributed by atoms with Crippen molar-refractivity contribution in [2.75, 3.05) is 11.5 Å². The number of hydrogen-bond donors (Lipinski definition) is 1. The van der Waals surface area contributed by atoms with Gasteiger partial charge in [0.2, 0.25) is 0 Å². The van der Waals surface area contributed by atoms with Crippen LogP contribution in [0, 0.1) is 0 Å². The molecule has 6 nitrogen and oxygen atoms in total. The first-order valence-corrected chi connectivity index (χ1v) is 6.88. The Balaban J connectivity index is 1.98. The third-order valence-corrected chi connectivity index (χ3v) is 3.63. The van der Waals surface area contributed by atoms with Gasteiger partial charge in [-0.3, -0.25) is 9.69 Å². The molecule has 0 bridgehead atoms. The summed E-state index contributed by atoms with van der Waals surface area (Å²) in [5.41, 5.74) is 0.624. The van der Waals surface area contributed by atoms with Crippen molar-refractivity contribution in [2.24, 2.45) is 0 Å². The predicted octanol–water partition coefficient (Wildman–Crippen LogP) is 2.67. The van der Waals surface area contributed by atoms with Gasteiger partial charge in [0.1, 0.15) is 17.1 Å². The third-order valence-electron chi connectivity index (χ3n) is 3.14. The van der Waals surface area contributed by atoms with E-state index in [0.29, 0.717) is 11.4 Å². The highest BCUT2D eigenvalue weighted by Crippen LogP contribution is 2.35. The van der Waals surface area contributed by atoms with Crippen LogP contribution in [0.2, 0.25) is 0 Å². The summed E-state index contributed by atoms with van der Waals surface area (Å²) in [5.74, 6) is -0.549. The van der Waals surface area contributed by atoms with Crippen molar-refractivity contribution >= 4 is 33.5 Å². The van der Waals surface area contributed by atoms with Crippen LogP contribution >= 0.6 is 15.9 Å². The molecule has 0 fully saturated rings. The topological polar surface area (TPSA) is 80.0 Å². The lowest BCUT2D eigenvalue weighted by Gasteiger charge is -2.29. The number of nitrogens with zero attached hydrogens (tertiary/aromatic N) is 1. The number of amides is 1. The van der Waals surface area contributed by atoms with E-state index in [0.717, 1.165) is 4.47 Å². The van der Waals surface area contributed by atoms with Gasteiger partial charge in [0.25, 0.3) is 5.91 Å². The van der Waals surface area contributed by atoms with E-state index >= 15 is 0 Å². The molecule has 0 atom stereocenters. The molecule has 1 aliphatic rings. The second-order valence-corrected chi connectivity index (χ2v) is 5.36. The first-order chi connectivity index (χ1) is 10.1. The van der Waals surface area contributed by atoms with Gasteiger partial charge in [-0.05, 0) is 24.3 Å². The summed E-state index contributed by atoms with van der Waals surface area (Å²) in [7, 11) is 0. The fourth-order valence-corrected chi connectivity index (χ4v) is 2.49. The average molecular weight is 352 g/mol. The van der Waals surface area contributed by atoms with Crippen molar-refractivity contribution in [2.45, 2.75) is 6.54 Å². The maximum atomic E-state index is 12.1. The molecule has 1 amide bonds. The van der Waals surface area contributed by atoms with E-state index in [2.05, 4.69) is 15.9 Å². The average Bonchev–Trinajstić information content (AvgIpc) is 2.90. The smallest absolute Gasteiger partial charge is 0.339 e. The molecule has 108 valence electrons. The maximum Gasteiger partial charge on any atom is 0.339 e. The van der Waals surface area contributed by atoms with Crippen molar-refractivity contribution < 1.29 is 23.8 Å². The first-order valence-electron chi connectivity index (χ1n) is 6.08. The molecule has 1 aromatic carbocycles. The summed E-state index contributed by atoms with van der Waals surface area (Å²) in [6.07, 6.45) is 1.30. The number of benzene rings is 1. The molecule has 0 saturated heterocycles. The van der Waals surface area contributed by atoms with Gasteiger partial charge in [-0.15, -0.1) is 0 Å². The molecule has 1 aliphatic heterocycles. The zero-order valence-corrected chi connectivity index (χ0v) is 12.3. The highest BCUT2D eigenvalue weighted by Gasteiger charge is 2.28. The Hall–Kier alpha value is -2.28. The van der Waals surface area contributed by atoms with Gasteiger partial charge in [-0.2, -0.15) is 0 Å². The number of ether oxygens (including phenoxy) is 1. The molecule has 2 heterocycles. The minimum atomic E-state index is -1.09. The lowest BCUT2D eigenvalue weighted by Crippen LogP contribution is -2.38. The fourth-order valence-electron chi connectivity index (χ4n) is 2.15. The van der Waals surface area contributed by atoms with E-state index in [1.165, 1.54) is 17.2 Å². The van der Waals surface area contributed by atoms with E-state index in [9.17, 15) is 9.59 Å². The van der Waals surface area contributed by atoms with Gasteiger partial charge < -0.3 is 14.3 Å². The lowest BCUT2D eigenvalue weighted by atomic mass is 10.2. The number of furan rings is 1. The molecule has 0 radical (unpaired) electrons. The molecule has 1 aromatic heterocycles. The number of carboxylic acids is 1. The van der Waals surface area contributed by atoms with Gasteiger partial charge in [0.15, 0.2) is 6.61 Å². The molecule has 7 heteroatoms. The van der Waals surface area contributed by atoms with E-state index in [-0.39, 0.29) is 30.4 Å². The number of carbonyl (C=O) groups is 2. The van der Waals surface area contributed by atoms with Crippen molar-refractivity contribution in [1.29, 1.82) is 0 Å². The van der Waals surface area contributed by atoms with Crippen LogP contribution < -0.4 is 9.64 Å². The van der Waals surface area contributed by atoms with Gasteiger partial charge >= 0.3 is 5.97 Å². The Morgan fingerprint density at radius 2 is 2.19 bits per heavy atom. The van der Waals surface area contributed by atoms with Crippen LogP contribution in [0.15, 0.2) is 39.4 Å². The van der Waals surface area contributed by atoms with Crippen molar-refractivity contribution in [3.8, 4) is 5.75 Å². The summed E-state index contributed by atoms with van der Waals surface area (Å²) in [6.45, 7) is -0.0436. The summed E-state index contributed by atoms with van der Waals surface area (Å²) in [5, 5.41) is 9.09. The van der Waals surface area contributed by atoms with E-state index < -0.39 is 5.97 Å². The Morgan fingerprint density at radius 3 is 2.95 bits per heavy atom. The number of anilines is 1. The number of hydrogen-bond acceptors (Lipinski definition) is 4. The molecule has 0 aliphatic carbocycles. The normalized spacial score (nSPS) is 13.8. The second-order valence-electron chi connectivity index (χ2n) is 4.44. The molecule has 21 heavy (non-hydrogen) atoms. The Kier molecular flexibility index (Phi) is 3.42. The van der Waals surface area contributed by atoms with Crippen LogP contribution in [-0.4, -0.2) is 23.6 Å². The van der Waals surface area contributed by atoms with Crippen LogP contribution in [0.4, 0.5) is 5.69 Å². The number of fused-ring (bicyclic) bond motifs is 1. The fraction of sp³-hybridized carbons (Fsp3) is 0.143. The Morgan fingerprint density at radius 1 is 1.38 bits per heavy atom. The van der Waals surface area contributed by atoms with E-state index in [1.54, 1.807) is 12.1 Å². The zero-order chi connectivity index (χ0) is 15.0. The van der Waals surface area contributed by atoms with Crippen molar-refractivity contribution in [3.63, 3.8) is 0 Å². The number of carboxylic acid groups (broad SMARTS) is 1. The molecule has 2 aromatic rings. The number of rotatable bonds is 3. The molecule has 0 unspecified atom stereocenters. The van der Waals surface area contributed by atoms with Gasteiger partial charge in [-0.25, -0.2) is 4.79 Å². The van der Waals surface area contributed by atoms with Crippen molar-refractivity contribution in [1.82, 2.24) is 0 Å². The molecule has 0 saturated carbocycles. The summed E-state index contributed by atoms with van der Waals surface area (Å²) < 4.78 is 11.3. The lowest BCUT2D eigenvalue weighted by molar-refractivity contribution is -0.121. The first kappa shape index (κ1) is 13.7. The minimum absolute atomic E-state index is 0.0419. The summed E-state index contributed by atoms with van der Waals surface area (Å²) >= 11 is 3.34. The summed E-state index contributed by atoms with van der Waals surface area (Å²) in [6, 6.07) is 6.67. The molecular weight excluding hydrogens is 342 g/mol. The van der Waals surface area contributed by atoms with E-state index in [4.69, 9.17) is 14.3 Å². The highest BCUT2D eigenvalue weighted by atomic mass is 79.9. The largest absolute Gasteiger partial charge is 0.482 e. The highest BCUT2D eigenvalue weighted by molar-refractivity contribution is 9.10. The molecule has 0 spiro atoms. The molecule has 1 N–H and O–H groups in total. The number of carbonyl (C=O) groups excluding carboxylic acids is 1. The number of halogens is 1. The van der Waals surface area contributed by atoms with Crippen LogP contribution in [0.1, 0.15) is 16.1 Å². The van der Waals surface area contributed by atoms with Gasteiger partial charge in [-0.1, -0.05) is 15.9 Å². The minimum Gasteiger partial charge on any atom is -0.482 e. The second kappa shape index (κ2) is 5.25. The van der Waals surface area contributed by atoms with Crippen LogP contribution in [0.25, 0.3) is 0 Å². The van der Waals surface area contributed by atoms with E-state index in [1.807, 2.05) is 6.07 Å². The van der Waals surface area contributed by atoms with Crippen LogP contribution in [-0.2, 0) is 11.3 Å². The van der Waals surface area contributed by atoms with Crippen LogP contribution in [0.3, 0.4) is 0 Å². The van der Waals surface area contributed by atoms with Crippen LogP contribution in [0.5, 0.6) is 5.75 Å². The SMILES string of the molecule is O=C(O)c1ccoc1CN1C(=O)COc2ccc(Br)cc21. The number of aromatic carboxylic acids is 1. The quantitative estimate of drug-likeness (QED) is 0.919. The Bertz CT molecular complexity index is 724. The zero-order valence-electron chi connectivity index (χ0n) is 10.7. The predicted molar refractivity (Wildman–Crippen MR) is 76.5 cm³/mol. The molecular formula is C14H10BrNO5. The Labute approximate surface area is 128 Å². The summed E-state index contributed by atoms with van der Waals surface area (Å²) in [4.78, 5) is 24.6.